The number of unbranched alkanes of at least 4 members (excludes halogenated alkanes) is 8. The summed E-state index contributed by atoms with van der Waals surface area (Å²) in [5, 5.41) is 6.20. The first-order valence-electron chi connectivity index (χ1n) is 32.8. The minimum absolute atomic E-state index is 0.361. The van der Waals surface area contributed by atoms with Gasteiger partial charge in [0.05, 0.1) is 96.7 Å². The summed E-state index contributed by atoms with van der Waals surface area (Å²) in [6.45, 7) is 21.1. The summed E-state index contributed by atoms with van der Waals surface area (Å²) >= 11 is 0. The van der Waals surface area contributed by atoms with Gasteiger partial charge in [-0.3, -0.25) is 0 Å². The number of benzene rings is 6. The zero-order chi connectivity index (χ0) is 60.9. The Morgan fingerprint density at radius 2 is 0.466 bits per heavy atom. The van der Waals surface area contributed by atoms with Crippen LogP contribution in [0, 0.1) is 0 Å². The lowest BCUT2D eigenvalue weighted by molar-refractivity contribution is 0.306. The molecule has 0 fully saturated rings. The summed E-state index contributed by atoms with van der Waals surface area (Å²) in [7, 11) is 0. The predicted octanol–water partition coefficient (Wildman–Crippen LogP) is 18.6. The van der Waals surface area contributed by atoms with E-state index in [1.165, 1.54) is 0 Å². The molecular formula is C72H86N8O8. The molecule has 0 unspecified atom stereocenters. The zero-order valence-electron chi connectivity index (χ0n) is 52.8. The quantitative estimate of drug-likeness (QED) is 0.0380. The predicted molar refractivity (Wildman–Crippen MR) is 354 cm³/mol. The number of nitrogens with one attached hydrogen (secondary N) is 2. The Labute approximate surface area is 516 Å². The van der Waals surface area contributed by atoms with Gasteiger partial charge in [0, 0.05) is 21.5 Å². The van der Waals surface area contributed by atoms with E-state index >= 15 is 0 Å². The Morgan fingerprint density at radius 3 is 0.670 bits per heavy atom. The number of aromatic amines is 2. The molecule has 16 heteroatoms. The van der Waals surface area contributed by atoms with Crippen LogP contribution in [0.2, 0.25) is 0 Å². The lowest BCUT2D eigenvalue weighted by Gasteiger charge is -2.18. The molecule has 0 atom stereocenters. The van der Waals surface area contributed by atoms with Gasteiger partial charge in [-0.25, -0.2) is 29.9 Å². The number of hydrogen-bond donors (Lipinski definition) is 2. The highest BCUT2D eigenvalue weighted by atomic mass is 16.5. The molecule has 2 aliphatic heterocycles. The maximum atomic E-state index is 7.04. The molecule has 0 radical (unpaired) electrons. The van der Waals surface area contributed by atoms with Gasteiger partial charge >= 0.3 is 0 Å². The van der Waals surface area contributed by atoms with E-state index in [1.807, 2.05) is 48.5 Å². The van der Waals surface area contributed by atoms with Crippen molar-refractivity contribution in [3.05, 3.63) is 72.8 Å². The van der Waals surface area contributed by atoms with Gasteiger partial charge in [-0.15, -0.1) is 0 Å². The molecule has 0 saturated carbocycles. The molecule has 3 aromatic heterocycles. The maximum absolute atomic E-state index is 7.04. The zero-order valence-corrected chi connectivity index (χ0v) is 52.8. The lowest BCUT2D eigenvalue weighted by atomic mass is 9.98. The first kappa shape index (κ1) is 61.3. The molecule has 16 nitrogen and oxygen atoms in total. The monoisotopic (exact) mass is 1190 g/mol. The number of rotatable bonds is 32. The average molecular weight is 1190 g/mol. The molecule has 0 amide bonds. The van der Waals surface area contributed by atoms with Crippen LogP contribution in [0.1, 0.15) is 158 Å². The average Bonchev–Trinajstić information content (AvgIpc) is 1.57. The third kappa shape index (κ3) is 12.4. The lowest BCUT2D eigenvalue weighted by Crippen LogP contribution is -2.04. The van der Waals surface area contributed by atoms with Gasteiger partial charge in [-0.1, -0.05) is 155 Å². The largest absolute Gasteiger partial charge is 0.493 e. The molecule has 11 rings (SSSR count). The van der Waals surface area contributed by atoms with E-state index in [-0.39, 0.29) is 0 Å². The van der Waals surface area contributed by atoms with E-state index in [4.69, 9.17) is 67.8 Å². The first-order valence-corrected chi connectivity index (χ1v) is 32.8. The van der Waals surface area contributed by atoms with Crippen LogP contribution < -0.4 is 37.9 Å². The number of aromatic nitrogens is 8. The normalized spacial score (nSPS) is 11.8. The number of H-pyrrole nitrogens is 2. The Morgan fingerprint density at radius 1 is 0.261 bits per heavy atom. The molecule has 5 heterocycles. The van der Waals surface area contributed by atoms with Crippen LogP contribution >= 0.6 is 0 Å². The molecule has 0 aliphatic carbocycles. The van der Waals surface area contributed by atoms with Crippen molar-refractivity contribution in [3.8, 4) is 91.5 Å². The van der Waals surface area contributed by atoms with E-state index in [0.29, 0.717) is 189 Å². The van der Waals surface area contributed by atoms with Gasteiger partial charge in [-0.05, 0) is 75.6 Å². The van der Waals surface area contributed by atoms with Crippen molar-refractivity contribution in [2.24, 2.45) is 0 Å². The molecular weight excluding hydrogens is 1100 g/mol. The molecule has 462 valence electrons. The number of hydrogen-bond acceptors (Lipinski definition) is 14. The summed E-state index contributed by atoms with van der Waals surface area (Å²) in [5.41, 5.74) is 4.41. The highest BCUT2D eigenvalue weighted by molar-refractivity contribution is 6.15. The molecule has 6 aromatic carbocycles. The van der Waals surface area contributed by atoms with Crippen molar-refractivity contribution in [1.29, 1.82) is 0 Å². The highest BCUT2D eigenvalue weighted by Gasteiger charge is 2.35. The fourth-order valence-electron chi connectivity index (χ4n) is 11.3. The fraction of sp³-hybridized carbons (Fsp3) is 0.444. The smallest absolute Gasteiger partial charge is 0.168 e. The van der Waals surface area contributed by atoms with E-state index in [2.05, 4.69) is 89.6 Å². The Bertz CT molecular complexity index is 3590. The second-order valence-electron chi connectivity index (χ2n) is 22.8. The van der Waals surface area contributed by atoms with Crippen molar-refractivity contribution < 1.29 is 37.9 Å². The third-order valence-electron chi connectivity index (χ3n) is 16.1. The molecule has 8 bridgehead atoms. The molecule has 0 spiro atoms. The van der Waals surface area contributed by atoms with Gasteiger partial charge in [0.1, 0.15) is 68.6 Å². The van der Waals surface area contributed by atoms with Crippen LogP contribution in [0.3, 0.4) is 0 Å². The topological polar surface area (TPSA) is 183 Å². The Kier molecular flexibility index (Phi) is 20.2. The minimum atomic E-state index is 0.361. The van der Waals surface area contributed by atoms with E-state index in [0.717, 1.165) is 124 Å². The summed E-state index contributed by atoms with van der Waals surface area (Å²) in [6, 6.07) is 24.4. The van der Waals surface area contributed by atoms with Crippen LogP contribution in [0.25, 0.3) is 111 Å². The van der Waals surface area contributed by atoms with E-state index in [9.17, 15) is 0 Å². The second kappa shape index (κ2) is 29.1. The van der Waals surface area contributed by atoms with E-state index < -0.39 is 0 Å². The second-order valence-corrected chi connectivity index (χ2v) is 22.8. The third-order valence-corrected chi connectivity index (χ3v) is 16.1. The van der Waals surface area contributed by atoms with Crippen molar-refractivity contribution in [3.63, 3.8) is 0 Å². The number of ether oxygens (including phenoxy) is 8. The van der Waals surface area contributed by atoms with Gasteiger partial charge in [0.15, 0.2) is 23.3 Å². The van der Waals surface area contributed by atoms with Crippen LogP contribution in [0.15, 0.2) is 72.8 Å². The van der Waals surface area contributed by atoms with Crippen molar-refractivity contribution >= 4 is 65.7 Å². The molecule has 88 heavy (non-hydrogen) atoms. The van der Waals surface area contributed by atoms with Crippen molar-refractivity contribution in [2.45, 2.75) is 158 Å². The van der Waals surface area contributed by atoms with Gasteiger partial charge in [0.25, 0.3) is 0 Å². The standard InChI is InChI=1S/C72H86N8O8/c1-9-17-37-81-49-33-34-50(82-38-18-10-2)54-53(49)65-73-66(54)76-70-59-60(64(88-44-24-16-8)48-32-28-27-31-47(48)63(59)87-43-23-15-7)72(80-70)78-68-56-52(84-40-20-12-4)36-35-51(83-39-19-11-3)55(56)67(74-68)77-71-58-57(69(75-65)79-71)61(85-41-21-13-5)45-29-25-26-30-46(45)62(58)86-42-22-14-6/h25-36H,9-24,37-44H2,1-8H3,(H2,73,74,75,76,77,78,79,80). The van der Waals surface area contributed by atoms with Gasteiger partial charge in [-0.2, -0.15) is 0 Å². The highest BCUT2D eigenvalue weighted by Crippen LogP contribution is 2.55. The van der Waals surface area contributed by atoms with Crippen LogP contribution in [-0.2, 0) is 0 Å². The van der Waals surface area contributed by atoms with Gasteiger partial charge in [0.2, 0.25) is 0 Å². The van der Waals surface area contributed by atoms with Crippen molar-refractivity contribution in [1.82, 2.24) is 39.9 Å². The van der Waals surface area contributed by atoms with Crippen LogP contribution in [0.4, 0.5) is 0 Å². The summed E-state index contributed by atoms with van der Waals surface area (Å²) in [6.07, 6.45) is 14.2. The van der Waals surface area contributed by atoms with E-state index in [1.54, 1.807) is 0 Å². The summed E-state index contributed by atoms with van der Waals surface area (Å²) < 4.78 is 55.4. The Balaban J connectivity index is 1.39. The molecule has 9 aromatic rings. The molecule has 2 aliphatic rings. The fourth-order valence-corrected chi connectivity index (χ4v) is 11.3. The van der Waals surface area contributed by atoms with Crippen molar-refractivity contribution in [2.75, 3.05) is 52.9 Å². The molecule has 0 saturated heterocycles. The Hall–Kier alpha value is -8.40. The first-order chi connectivity index (χ1) is 43.4. The summed E-state index contributed by atoms with van der Waals surface area (Å²) in [5.74, 6) is 6.45. The van der Waals surface area contributed by atoms with Gasteiger partial charge < -0.3 is 47.9 Å². The SMILES string of the molecule is CCCCOc1c2c(c(OCCCC)c3ccccc13)-c1nc-2nc2[nH]c(nc3nc(nc4[nH]c(n1)c1c(OCCCC)ccc(OCCCC)c41)-c1c-3c(OCCCC)c3ccccc3c1OCCCC)c1c(OCCCC)ccc(OCCCC)c21. The number of nitrogens with zero attached hydrogens (tertiary/aromatic N) is 6. The van der Waals surface area contributed by atoms with Crippen LogP contribution in [-0.4, -0.2) is 92.7 Å². The summed E-state index contributed by atoms with van der Waals surface area (Å²) in [4.78, 5) is 41.5. The minimum Gasteiger partial charge on any atom is -0.493 e. The number of fused-ring (bicyclic) bond motifs is 22. The van der Waals surface area contributed by atoms with Crippen LogP contribution in [0.5, 0.6) is 46.0 Å². The molecule has 2 N–H and O–H groups in total. The maximum Gasteiger partial charge on any atom is 0.168 e.